The van der Waals surface area contributed by atoms with E-state index in [1.54, 1.807) is 0 Å². The Morgan fingerprint density at radius 3 is 1.56 bits per heavy atom. The number of aliphatic hydroxyl groups is 3. The van der Waals surface area contributed by atoms with Crippen molar-refractivity contribution < 1.29 is 15.3 Å². The zero-order valence-electron chi connectivity index (χ0n) is 21.2. The molecule has 0 aromatic carbocycles. The van der Waals surface area contributed by atoms with Gasteiger partial charge in [-0.1, -0.05) is 90.4 Å². The third-order valence-electron chi connectivity index (χ3n) is 6.13. The van der Waals surface area contributed by atoms with Gasteiger partial charge in [-0.2, -0.15) is 0 Å². The molecule has 0 aromatic heterocycles. The van der Waals surface area contributed by atoms with E-state index >= 15 is 0 Å². The summed E-state index contributed by atoms with van der Waals surface area (Å²) in [4.78, 5) is 0. The van der Waals surface area contributed by atoms with Crippen LogP contribution in [0.4, 0.5) is 0 Å². The SMILES string of the molecule is CCCCCCCCCCCCCCCC(O)NCC(O)NC(O)CCCCC(N)NC. The first kappa shape index (κ1) is 31.7. The minimum atomic E-state index is -0.883. The van der Waals surface area contributed by atoms with Crippen LogP contribution >= 0.6 is 0 Å². The highest BCUT2D eigenvalue weighted by atomic mass is 16.3. The van der Waals surface area contributed by atoms with Crippen molar-refractivity contribution in [2.45, 2.75) is 147 Å². The number of hydrogen-bond donors (Lipinski definition) is 7. The van der Waals surface area contributed by atoms with E-state index in [0.29, 0.717) is 12.8 Å². The van der Waals surface area contributed by atoms with Gasteiger partial charge in [0.25, 0.3) is 0 Å². The molecule has 4 atom stereocenters. The minimum Gasteiger partial charge on any atom is -0.379 e. The molecule has 7 nitrogen and oxygen atoms in total. The van der Waals surface area contributed by atoms with Gasteiger partial charge in [0.15, 0.2) is 0 Å². The van der Waals surface area contributed by atoms with Gasteiger partial charge in [-0.3, -0.25) is 10.6 Å². The van der Waals surface area contributed by atoms with Crippen LogP contribution < -0.4 is 21.7 Å². The van der Waals surface area contributed by atoms with Crippen molar-refractivity contribution in [1.29, 1.82) is 0 Å². The second-order valence-corrected chi connectivity index (χ2v) is 9.33. The van der Waals surface area contributed by atoms with E-state index in [2.05, 4.69) is 22.9 Å². The highest BCUT2D eigenvalue weighted by molar-refractivity contribution is 4.64. The van der Waals surface area contributed by atoms with E-state index < -0.39 is 18.7 Å². The first-order chi connectivity index (χ1) is 15.5. The molecule has 0 radical (unpaired) electrons. The van der Waals surface area contributed by atoms with Crippen molar-refractivity contribution >= 4 is 0 Å². The lowest BCUT2D eigenvalue weighted by Crippen LogP contribution is -2.46. The summed E-state index contributed by atoms with van der Waals surface area (Å²) in [6.45, 7) is 2.47. The van der Waals surface area contributed by atoms with Crippen LogP contribution in [0.5, 0.6) is 0 Å². The molecule has 0 saturated carbocycles. The molecule has 7 heteroatoms. The van der Waals surface area contributed by atoms with Crippen molar-refractivity contribution in [3.8, 4) is 0 Å². The lowest BCUT2D eigenvalue weighted by Gasteiger charge is -2.20. The van der Waals surface area contributed by atoms with Crippen molar-refractivity contribution in [2.75, 3.05) is 13.6 Å². The van der Waals surface area contributed by atoms with Crippen molar-refractivity contribution in [1.82, 2.24) is 16.0 Å². The van der Waals surface area contributed by atoms with Gasteiger partial charge < -0.3 is 26.4 Å². The maximum atomic E-state index is 10.0. The number of nitrogens with one attached hydrogen (secondary N) is 3. The molecule has 0 saturated heterocycles. The molecule has 8 N–H and O–H groups in total. The molecule has 32 heavy (non-hydrogen) atoms. The summed E-state index contributed by atoms with van der Waals surface area (Å²) < 4.78 is 0. The first-order valence-corrected chi connectivity index (χ1v) is 13.5. The predicted molar refractivity (Wildman–Crippen MR) is 135 cm³/mol. The van der Waals surface area contributed by atoms with Crippen LogP contribution in [-0.2, 0) is 0 Å². The monoisotopic (exact) mass is 460 g/mol. The molecule has 0 aliphatic carbocycles. The Balaban J connectivity index is 3.43. The van der Waals surface area contributed by atoms with Crippen LogP contribution in [0.15, 0.2) is 0 Å². The fourth-order valence-electron chi connectivity index (χ4n) is 3.92. The average Bonchev–Trinajstić information content (AvgIpc) is 2.78. The van der Waals surface area contributed by atoms with Gasteiger partial charge in [0, 0.05) is 6.54 Å². The Kier molecular flexibility index (Phi) is 23.7. The Morgan fingerprint density at radius 2 is 1.03 bits per heavy atom. The molecule has 0 heterocycles. The van der Waals surface area contributed by atoms with Crippen LogP contribution in [-0.4, -0.2) is 53.8 Å². The topological polar surface area (TPSA) is 123 Å². The molecule has 0 rings (SSSR count). The summed E-state index contributed by atoms with van der Waals surface area (Å²) >= 11 is 0. The smallest absolute Gasteiger partial charge is 0.119 e. The minimum absolute atomic E-state index is 0.00807. The van der Waals surface area contributed by atoms with E-state index in [1.807, 2.05) is 7.05 Å². The zero-order valence-corrected chi connectivity index (χ0v) is 21.2. The molecule has 0 amide bonds. The van der Waals surface area contributed by atoms with Crippen LogP contribution in [0.2, 0.25) is 0 Å². The van der Waals surface area contributed by atoms with Gasteiger partial charge in [-0.05, 0) is 39.2 Å². The Hall–Kier alpha value is -0.280. The third kappa shape index (κ3) is 22.9. The van der Waals surface area contributed by atoms with Gasteiger partial charge in [0.2, 0.25) is 0 Å². The molecule has 194 valence electrons. The number of nitrogens with two attached hydrogens (primary N) is 1. The van der Waals surface area contributed by atoms with Crippen LogP contribution in [0.1, 0.15) is 122 Å². The number of hydrogen-bond acceptors (Lipinski definition) is 7. The molecule has 0 aliphatic heterocycles. The van der Waals surface area contributed by atoms with Gasteiger partial charge in [0.1, 0.15) is 18.7 Å². The Bertz CT molecular complexity index is 377. The Labute approximate surface area is 198 Å². The van der Waals surface area contributed by atoms with Crippen molar-refractivity contribution in [3.05, 3.63) is 0 Å². The van der Waals surface area contributed by atoms with Gasteiger partial charge in [-0.25, -0.2) is 0 Å². The predicted octanol–water partition coefficient (Wildman–Crippen LogP) is 3.67. The fraction of sp³-hybridized carbons (Fsp3) is 1.00. The lowest BCUT2D eigenvalue weighted by molar-refractivity contribution is 0.0241. The Morgan fingerprint density at radius 1 is 0.594 bits per heavy atom. The second-order valence-electron chi connectivity index (χ2n) is 9.33. The summed E-state index contributed by atoms with van der Waals surface area (Å²) in [7, 11) is 1.83. The van der Waals surface area contributed by atoms with E-state index in [0.717, 1.165) is 32.1 Å². The maximum Gasteiger partial charge on any atom is 0.119 e. The summed E-state index contributed by atoms with van der Waals surface area (Å²) in [5.41, 5.74) is 5.77. The molecule has 0 aliphatic rings. The van der Waals surface area contributed by atoms with Gasteiger partial charge in [-0.15, -0.1) is 0 Å². The number of aliphatic hydroxyl groups excluding tert-OH is 3. The van der Waals surface area contributed by atoms with Crippen molar-refractivity contribution in [3.63, 3.8) is 0 Å². The normalized spacial score (nSPS) is 15.6. The molecule has 4 unspecified atom stereocenters. The van der Waals surface area contributed by atoms with Crippen LogP contribution in [0, 0.1) is 0 Å². The molecular weight excluding hydrogens is 404 g/mol. The molecule has 0 aromatic rings. The van der Waals surface area contributed by atoms with Gasteiger partial charge >= 0.3 is 0 Å². The molecule has 0 bridgehead atoms. The van der Waals surface area contributed by atoms with Crippen LogP contribution in [0.25, 0.3) is 0 Å². The third-order valence-corrected chi connectivity index (χ3v) is 6.13. The second kappa shape index (κ2) is 23.9. The lowest BCUT2D eigenvalue weighted by atomic mass is 10.0. The van der Waals surface area contributed by atoms with Crippen LogP contribution in [0.3, 0.4) is 0 Å². The summed E-state index contributed by atoms with van der Waals surface area (Å²) in [5, 5.41) is 38.6. The number of rotatable bonds is 25. The molecular formula is C25H56N4O3. The van der Waals surface area contributed by atoms with Gasteiger partial charge in [0.05, 0.1) is 6.17 Å². The van der Waals surface area contributed by atoms with E-state index in [9.17, 15) is 15.3 Å². The molecule has 0 fully saturated rings. The maximum absolute atomic E-state index is 10.0. The summed E-state index contributed by atoms with van der Waals surface area (Å²) in [6.07, 6.45) is 18.7. The largest absolute Gasteiger partial charge is 0.379 e. The molecule has 0 spiro atoms. The highest BCUT2D eigenvalue weighted by Crippen LogP contribution is 2.13. The van der Waals surface area contributed by atoms with Crippen molar-refractivity contribution in [2.24, 2.45) is 5.73 Å². The van der Waals surface area contributed by atoms with E-state index in [-0.39, 0.29) is 12.7 Å². The van der Waals surface area contributed by atoms with E-state index in [4.69, 9.17) is 5.73 Å². The first-order valence-electron chi connectivity index (χ1n) is 13.5. The average molecular weight is 461 g/mol. The highest BCUT2D eigenvalue weighted by Gasteiger charge is 2.12. The fourth-order valence-corrected chi connectivity index (χ4v) is 3.92. The number of unbranched alkanes of at least 4 members (excludes halogenated alkanes) is 13. The standard InChI is InChI=1S/C25H56N4O3/c1-3-4-5-6-7-8-9-10-11-12-13-14-15-19-23(30)28-21-25(32)29-24(31)20-17-16-18-22(26)27-2/h22-25,27-32H,3-21,26H2,1-2H3. The quantitative estimate of drug-likeness (QED) is 0.0819. The summed E-state index contributed by atoms with van der Waals surface area (Å²) in [6, 6.07) is 0. The summed E-state index contributed by atoms with van der Waals surface area (Å²) in [5.74, 6) is 0. The van der Waals surface area contributed by atoms with E-state index in [1.165, 1.54) is 70.6 Å². The zero-order chi connectivity index (χ0) is 23.9.